The fourth-order valence-electron chi connectivity index (χ4n) is 2.29. The van der Waals surface area contributed by atoms with E-state index in [1.807, 2.05) is 13.8 Å². The molecule has 7 nitrogen and oxygen atoms in total. The first-order valence-electron chi connectivity index (χ1n) is 7.19. The lowest BCUT2D eigenvalue weighted by Gasteiger charge is -2.35. The molecule has 120 valence electrons. The van der Waals surface area contributed by atoms with Crippen molar-refractivity contribution in [3.63, 3.8) is 0 Å². The predicted molar refractivity (Wildman–Crippen MR) is 77.7 cm³/mol. The van der Waals surface area contributed by atoms with Crippen molar-refractivity contribution in [3.05, 3.63) is 23.9 Å². The minimum absolute atomic E-state index is 0.00448. The second kappa shape index (κ2) is 6.31. The van der Waals surface area contributed by atoms with Gasteiger partial charge < -0.3 is 19.8 Å². The van der Waals surface area contributed by atoms with Crippen LogP contribution in [-0.4, -0.2) is 56.8 Å². The Labute approximate surface area is 128 Å². The Hall–Kier alpha value is -2.15. The van der Waals surface area contributed by atoms with Gasteiger partial charge >= 0.3 is 5.97 Å². The van der Waals surface area contributed by atoms with E-state index >= 15 is 0 Å². The van der Waals surface area contributed by atoms with E-state index in [0.29, 0.717) is 11.4 Å². The van der Waals surface area contributed by atoms with Gasteiger partial charge in [-0.25, -0.2) is 9.78 Å². The number of amides is 1. The molecule has 7 heteroatoms. The summed E-state index contributed by atoms with van der Waals surface area (Å²) in [6.45, 7) is 4.17. The molecule has 2 heterocycles. The molecule has 2 N–H and O–H groups in total. The van der Waals surface area contributed by atoms with Gasteiger partial charge in [0.1, 0.15) is 0 Å². The molecule has 0 unspecified atom stereocenters. The molecule has 0 aromatic carbocycles. The monoisotopic (exact) mass is 308 g/mol. The summed E-state index contributed by atoms with van der Waals surface area (Å²) < 4.78 is 5.41. The Bertz CT molecular complexity index is 548. The molecule has 1 aliphatic heterocycles. The van der Waals surface area contributed by atoms with Gasteiger partial charge in [0.2, 0.25) is 5.88 Å². The Morgan fingerprint density at radius 1 is 1.32 bits per heavy atom. The van der Waals surface area contributed by atoms with E-state index in [-0.39, 0.29) is 37.9 Å². The number of carbonyl (C=O) groups excluding carboxylic acids is 1. The van der Waals surface area contributed by atoms with Crippen molar-refractivity contribution in [2.24, 2.45) is 0 Å². The number of pyridine rings is 1. The first-order valence-corrected chi connectivity index (χ1v) is 7.19. The van der Waals surface area contributed by atoms with Crippen LogP contribution >= 0.6 is 0 Å². The summed E-state index contributed by atoms with van der Waals surface area (Å²) in [4.78, 5) is 28.9. The Morgan fingerprint density at radius 3 is 2.41 bits per heavy atom. The molecule has 0 spiro atoms. The predicted octanol–water partition coefficient (Wildman–Crippen LogP) is 0.921. The number of nitrogens with zero attached hydrogens (tertiary/aromatic N) is 2. The topological polar surface area (TPSA) is 100.0 Å². The minimum Gasteiger partial charge on any atom is -0.479 e. The summed E-state index contributed by atoms with van der Waals surface area (Å²) in [5, 5.41) is 18.8. The van der Waals surface area contributed by atoms with E-state index in [0.717, 1.165) is 0 Å². The van der Waals surface area contributed by atoms with Gasteiger partial charge in [0.25, 0.3) is 5.91 Å². The molecule has 1 aromatic heterocycles. The number of hydrogen-bond donors (Lipinski definition) is 2. The van der Waals surface area contributed by atoms with Crippen molar-refractivity contribution in [1.29, 1.82) is 0 Å². The summed E-state index contributed by atoms with van der Waals surface area (Å²) in [6.07, 6.45) is 1.49. The number of carboxylic acids is 1. The highest BCUT2D eigenvalue weighted by Gasteiger charge is 2.40. The molecule has 1 saturated heterocycles. The second-order valence-electron chi connectivity index (χ2n) is 5.68. The summed E-state index contributed by atoms with van der Waals surface area (Å²) >= 11 is 0. The van der Waals surface area contributed by atoms with Crippen LogP contribution in [0.1, 0.15) is 37.0 Å². The van der Waals surface area contributed by atoms with Gasteiger partial charge in [0.15, 0.2) is 5.60 Å². The van der Waals surface area contributed by atoms with Crippen molar-refractivity contribution in [1.82, 2.24) is 9.88 Å². The Balaban J connectivity index is 1.99. The number of rotatable bonds is 4. The summed E-state index contributed by atoms with van der Waals surface area (Å²) in [5.41, 5.74) is -1.32. The normalized spacial score (nSPS) is 17.4. The quantitative estimate of drug-likeness (QED) is 0.858. The third-order valence-corrected chi connectivity index (χ3v) is 3.62. The number of piperidine rings is 1. The van der Waals surface area contributed by atoms with Crippen LogP contribution in [-0.2, 0) is 4.79 Å². The number of likely N-dealkylation sites (tertiary alicyclic amines) is 1. The average molecular weight is 308 g/mol. The highest BCUT2D eigenvalue weighted by Crippen LogP contribution is 2.23. The minimum atomic E-state index is -1.73. The number of aliphatic carboxylic acids is 1. The molecule has 0 atom stereocenters. The van der Waals surface area contributed by atoms with Gasteiger partial charge in [-0.2, -0.15) is 0 Å². The summed E-state index contributed by atoms with van der Waals surface area (Å²) in [7, 11) is 0. The van der Waals surface area contributed by atoms with Crippen LogP contribution in [0.3, 0.4) is 0 Å². The standard InChI is InChI=1S/C15H20N2O5/c1-10(2)22-12-4-3-11(9-16-12)13(18)17-7-5-15(21,6-8-17)14(19)20/h3-4,9-10,21H,5-8H2,1-2H3,(H,19,20). The molecule has 0 radical (unpaired) electrons. The van der Waals surface area contributed by atoms with E-state index in [1.165, 1.54) is 11.1 Å². The third kappa shape index (κ3) is 3.54. The molecule has 22 heavy (non-hydrogen) atoms. The zero-order chi connectivity index (χ0) is 16.3. The fraction of sp³-hybridized carbons (Fsp3) is 0.533. The molecule has 1 aliphatic rings. The van der Waals surface area contributed by atoms with Crippen LogP contribution in [0.25, 0.3) is 0 Å². The lowest BCUT2D eigenvalue weighted by atomic mass is 9.91. The van der Waals surface area contributed by atoms with Gasteiger partial charge in [-0.3, -0.25) is 4.79 Å². The third-order valence-electron chi connectivity index (χ3n) is 3.62. The summed E-state index contributed by atoms with van der Waals surface area (Å²) in [5.74, 6) is -1.02. The van der Waals surface area contributed by atoms with Gasteiger partial charge in [0, 0.05) is 38.2 Å². The van der Waals surface area contributed by atoms with Gasteiger partial charge in [-0.05, 0) is 19.9 Å². The zero-order valence-electron chi connectivity index (χ0n) is 12.7. The average Bonchev–Trinajstić information content (AvgIpc) is 2.47. The van der Waals surface area contributed by atoms with Crippen LogP contribution in [0.15, 0.2) is 18.3 Å². The lowest BCUT2D eigenvalue weighted by molar-refractivity contribution is -0.162. The van der Waals surface area contributed by atoms with E-state index in [2.05, 4.69) is 4.98 Å². The van der Waals surface area contributed by atoms with Crippen molar-refractivity contribution < 1.29 is 24.5 Å². The molecular formula is C15H20N2O5. The lowest BCUT2D eigenvalue weighted by Crippen LogP contribution is -2.50. The molecule has 0 bridgehead atoms. The van der Waals surface area contributed by atoms with Crippen molar-refractivity contribution in [2.75, 3.05) is 13.1 Å². The van der Waals surface area contributed by atoms with Crippen molar-refractivity contribution >= 4 is 11.9 Å². The van der Waals surface area contributed by atoms with E-state index in [4.69, 9.17) is 9.84 Å². The summed E-state index contributed by atoms with van der Waals surface area (Å²) in [6, 6.07) is 3.26. The first-order chi connectivity index (χ1) is 10.3. The maximum absolute atomic E-state index is 12.3. The first kappa shape index (κ1) is 16.2. The van der Waals surface area contributed by atoms with E-state index in [1.54, 1.807) is 12.1 Å². The highest BCUT2D eigenvalue weighted by molar-refractivity contribution is 5.94. The number of carbonyl (C=O) groups is 2. The Morgan fingerprint density at radius 2 is 1.95 bits per heavy atom. The maximum Gasteiger partial charge on any atom is 0.335 e. The van der Waals surface area contributed by atoms with Gasteiger partial charge in [-0.1, -0.05) is 0 Å². The fourth-order valence-corrected chi connectivity index (χ4v) is 2.29. The number of carboxylic acid groups (broad SMARTS) is 1. The van der Waals surface area contributed by atoms with Crippen LogP contribution in [0.2, 0.25) is 0 Å². The van der Waals surface area contributed by atoms with Crippen molar-refractivity contribution in [2.45, 2.75) is 38.4 Å². The number of aliphatic hydroxyl groups is 1. The van der Waals surface area contributed by atoms with Crippen molar-refractivity contribution in [3.8, 4) is 5.88 Å². The van der Waals surface area contributed by atoms with E-state index in [9.17, 15) is 14.7 Å². The number of hydrogen-bond acceptors (Lipinski definition) is 5. The molecule has 2 rings (SSSR count). The van der Waals surface area contributed by atoms with Gasteiger partial charge in [-0.15, -0.1) is 0 Å². The zero-order valence-corrected chi connectivity index (χ0v) is 12.7. The number of ether oxygens (including phenoxy) is 1. The largest absolute Gasteiger partial charge is 0.479 e. The van der Waals surface area contributed by atoms with Crippen LogP contribution < -0.4 is 4.74 Å². The van der Waals surface area contributed by atoms with Crippen LogP contribution in [0.4, 0.5) is 0 Å². The second-order valence-corrected chi connectivity index (χ2v) is 5.68. The molecule has 1 fully saturated rings. The van der Waals surface area contributed by atoms with E-state index < -0.39 is 11.6 Å². The van der Waals surface area contributed by atoms with Crippen LogP contribution in [0.5, 0.6) is 5.88 Å². The smallest absolute Gasteiger partial charge is 0.335 e. The van der Waals surface area contributed by atoms with Gasteiger partial charge in [0.05, 0.1) is 11.7 Å². The highest BCUT2D eigenvalue weighted by atomic mass is 16.5. The maximum atomic E-state index is 12.3. The number of aromatic nitrogens is 1. The molecular weight excluding hydrogens is 288 g/mol. The molecule has 0 saturated carbocycles. The molecule has 1 aromatic rings. The Kier molecular flexibility index (Phi) is 4.65. The van der Waals surface area contributed by atoms with Crippen LogP contribution in [0, 0.1) is 0 Å². The molecule has 0 aliphatic carbocycles. The SMILES string of the molecule is CC(C)Oc1ccc(C(=O)N2CCC(O)(C(=O)O)CC2)cn1. The molecule has 1 amide bonds.